The number of carboxylic acid groups (broad SMARTS) is 1. The zero-order chi connectivity index (χ0) is 41.2. The number of ether oxygens (including phenoxy) is 1. The predicted molar refractivity (Wildman–Crippen MR) is 210 cm³/mol. The molecule has 1 aliphatic heterocycles. The van der Waals surface area contributed by atoms with Gasteiger partial charge in [0.15, 0.2) is 11.5 Å². The van der Waals surface area contributed by atoms with E-state index in [1.165, 1.54) is 18.2 Å². The number of hydrazine groups is 1. The lowest BCUT2D eigenvalue weighted by Crippen LogP contribution is -2.60. The number of pyridine rings is 1. The highest BCUT2D eigenvalue weighted by atomic mass is 16.5. The number of amides is 5. The summed E-state index contributed by atoms with van der Waals surface area (Å²) in [4.78, 5) is 61.5. The van der Waals surface area contributed by atoms with E-state index in [9.17, 15) is 34.5 Å². The Bertz CT molecular complexity index is 1800. The van der Waals surface area contributed by atoms with Crippen LogP contribution in [0.15, 0.2) is 66.7 Å². The van der Waals surface area contributed by atoms with Crippen molar-refractivity contribution in [1.82, 2.24) is 35.9 Å². The number of hydrogen-bond donors (Lipinski definition) is 6. The van der Waals surface area contributed by atoms with Crippen molar-refractivity contribution in [2.45, 2.75) is 91.7 Å². The fourth-order valence-corrected chi connectivity index (χ4v) is 6.80. The Balaban J connectivity index is 1.63. The smallest absolute Gasteiger partial charge is 0.405 e. The molecule has 15 heteroatoms. The highest BCUT2D eigenvalue weighted by molar-refractivity contribution is 5.88. The second-order valence-corrected chi connectivity index (χ2v) is 15.5. The first-order chi connectivity index (χ1) is 26.5. The highest BCUT2D eigenvalue weighted by Crippen LogP contribution is 2.27. The lowest BCUT2D eigenvalue weighted by atomic mass is 9.86. The lowest BCUT2D eigenvalue weighted by molar-refractivity contribution is -0.132. The molecule has 4 rings (SSSR count). The number of benzene rings is 2. The fraction of sp³-hybridized carbons (Fsp3) is 0.488. The van der Waals surface area contributed by atoms with Crippen molar-refractivity contribution in [2.75, 3.05) is 26.7 Å². The fourth-order valence-electron chi connectivity index (χ4n) is 6.80. The average molecular weight is 776 g/mol. The maximum Gasteiger partial charge on any atom is 0.405 e. The van der Waals surface area contributed by atoms with Crippen LogP contribution in [0.2, 0.25) is 0 Å². The number of carbonyl (C=O) groups is 4. The third-order valence-corrected chi connectivity index (χ3v) is 9.99. The number of aryl methyl sites for hydroxylation is 1. The van der Waals surface area contributed by atoms with Gasteiger partial charge in [-0.1, -0.05) is 83.5 Å². The third-order valence-electron chi connectivity index (χ3n) is 9.99. The van der Waals surface area contributed by atoms with Gasteiger partial charge in [0, 0.05) is 31.9 Å². The summed E-state index contributed by atoms with van der Waals surface area (Å²) < 4.78 is 5.28. The van der Waals surface area contributed by atoms with Gasteiger partial charge >= 0.3 is 12.1 Å². The van der Waals surface area contributed by atoms with Gasteiger partial charge in [-0.2, -0.15) is 0 Å². The van der Waals surface area contributed by atoms with Crippen molar-refractivity contribution < 1.29 is 39.2 Å². The number of aromatic nitrogens is 1. The number of aliphatic hydroxyl groups is 1. The van der Waals surface area contributed by atoms with Crippen molar-refractivity contribution in [3.8, 4) is 11.5 Å². The largest absolute Gasteiger partial charge is 0.504 e. The summed E-state index contributed by atoms with van der Waals surface area (Å²) in [6.07, 6.45) is -1.82. The van der Waals surface area contributed by atoms with Gasteiger partial charge in [-0.15, -0.1) is 0 Å². The summed E-state index contributed by atoms with van der Waals surface area (Å²) in [7, 11) is 1.41. The Labute approximate surface area is 329 Å². The van der Waals surface area contributed by atoms with Crippen LogP contribution in [0.5, 0.6) is 11.5 Å². The number of phenols is 1. The number of phenolic OH excluding ortho intramolecular Hbond substituents is 1. The van der Waals surface area contributed by atoms with Gasteiger partial charge in [0.1, 0.15) is 12.1 Å². The van der Waals surface area contributed by atoms with E-state index in [-0.39, 0.29) is 43.0 Å². The number of hydrogen-bond acceptors (Lipinski definition) is 9. The third kappa shape index (κ3) is 11.8. The molecule has 1 aromatic heterocycles. The summed E-state index contributed by atoms with van der Waals surface area (Å²) in [5.74, 6) is -1.18. The van der Waals surface area contributed by atoms with Gasteiger partial charge in [-0.25, -0.2) is 14.6 Å². The number of nitrogens with zero attached hydrogens (tertiary/aromatic N) is 4. The first-order valence-corrected chi connectivity index (χ1v) is 18.9. The first-order valence-electron chi connectivity index (χ1n) is 18.9. The van der Waals surface area contributed by atoms with E-state index >= 15 is 0 Å². The zero-order valence-corrected chi connectivity index (χ0v) is 33.4. The molecule has 1 fully saturated rings. The van der Waals surface area contributed by atoms with Crippen molar-refractivity contribution in [2.24, 2.45) is 11.3 Å². The Kier molecular flexibility index (Phi) is 15.0. The number of nitrogens with one attached hydrogen (secondary N) is 3. The SMILES string of the molecule is CC[C@H](C)[C@@H](C(=O)N[C@@H](Cc1ccccc1)[C@@H](O)CN(Cc1ccc(O)c(OC)c1)NC(=O)[C@@H](NC(=O)O)C(C)(C)C)N1CCN(Cc2cccc(C)n2)C1=O. The van der Waals surface area contributed by atoms with Crippen LogP contribution >= 0.6 is 0 Å². The molecule has 5 atom stereocenters. The minimum atomic E-state index is -1.37. The van der Waals surface area contributed by atoms with E-state index < -0.39 is 47.6 Å². The van der Waals surface area contributed by atoms with Crippen LogP contribution in [0.4, 0.5) is 9.59 Å². The minimum Gasteiger partial charge on any atom is -0.504 e. The number of aromatic hydroxyl groups is 1. The van der Waals surface area contributed by atoms with Gasteiger partial charge in [-0.3, -0.25) is 20.0 Å². The summed E-state index contributed by atoms with van der Waals surface area (Å²) in [5, 5.41) is 38.6. The van der Waals surface area contributed by atoms with Crippen molar-refractivity contribution >= 4 is 23.9 Å². The molecule has 1 saturated heterocycles. The average Bonchev–Trinajstić information content (AvgIpc) is 3.49. The molecule has 0 radical (unpaired) electrons. The van der Waals surface area contributed by atoms with E-state index in [1.54, 1.807) is 42.7 Å². The molecular formula is C41H57N7O8. The summed E-state index contributed by atoms with van der Waals surface area (Å²) in [6.45, 7) is 11.8. The van der Waals surface area contributed by atoms with Crippen LogP contribution in [0.3, 0.4) is 0 Å². The molecule has 3 aromatic rings. The lowest BCUT2D eigenvalue weighted by Gasteiger charge is -2.36. The molecule has 1 aliphatic rings. The Morgan fingerprint density at radius 3 is 2.32 bits per heavy atom. The number of carbonyl (C=O) groups excluding carboxylic acids is 3. The van der Waals surface area contributed by atoms with Crippen molar-refractivity contribution in [3.63, 3.8) is 0 Å². The van der Waals surface area contributed by atoms with Gasteiger partial charge < -0.3 is 40.5 Å². The highest BCUT2D eigenvalue weighted by Gasteiger charge is 2.41. The second-order valence-electron chi connectivity index (χ2n) is 15.5. The van der Waals surface area contributed by atoms with E-state index in [1.807, 2.05) is 69.3 Å². The molecular weight excluding hydrogens is 718 g/mol. The second kappa shape index (κ2) is 19.4. The Morgan fingerprint density at radius 2 is 1.70 bits per heavy atom. The summed E-state index contributed by atoms with van der Waals surface area (Å²) in [6, 6.07) is 16.5. The maximum absolute atomic E-state index is 14.4. The first kappa shape index (κ1) is 43.3. The molecule has 0 bridgehead atoms. The molecule has 2 heterocycles. The molecule has 0 unspecified atom stereocenters. The monoisotopic (exact) mass is 775 g/mol. The summed E-state index contributed by atoms with van der Waals surface area (Å²) >= 11 is 0. The van der Waals surface area contributed by atoms with E-state index in [0.717, 1.165) is 17.0 Å². The van der Waals surface area contributed by atoms with Crippen molar-refractivity contribution in [3.05, 3.63) is 89.2 Å². The van der Waals surface area contributed by atoms with Crippen LogP contribution in [-0.2, 0) is 29.1 Å². The maximum atomic E-state index is 14.4. The van der Waals surface area contributed by atoms with Crippen LogP contribution in [-0.4, -0.2) is 110 Å². The zero-order valence-electron chi connectivity index (χ0n) is 33.4. The van der Waals surface area contributed by atoms with Gasteiger partial charge in [-0.05, 0) is 60.1 Å². The molecule has 56 heavy (non-hydrogen) atoms. The quantitative estimate of drug-likeness (QED) is 0.103. The number of aliphatic hydroxyl groups excluding tert-OH is 1. The number of rotatable bonds is 18. The van der Waals surface area contributed by atoms with Crippen LogP contribution in [0, 0.1) is 18.3 Å². The van der Waals surface area contributed by atoms with E-state index in [0.29, 0.717) is 31.6 Å². The molecule has 5 amide bonds. The molecule has 0 aliphatic carbocycles. The van der Waals surface area contributed by atoms with Crippen LogP contribution in [0.1, 0.15) is 63.6 Å². The van der Waals surface area contributed by atoms with Gasteiger partial charge in [0.25, 0.3) is 5.91 Å². The van der Waals surface area contributed by atoms with Crippen molar-refractivity contribution in [1.29, 1.82) is 0 Å². The Hall–Kier alpha value is -5.41. The minimum absolute atomic E-state index is 0.0127. The molecule has 15 nitrogen and oxygen atoms in total. The Morgan fingerprint density at radius 1 is 0.982 bits per heavy atom. The van der Waals surface area contributed by atoms with E-state index in [4.69, 9.17) is 4.74 Å². The molecule has 2 aromatic carbocycles. The molecule has 304 valence electrons. The predicted octanol–water partition coefficient (Wildman–Crippen LogP) is 4.06. The van der Waals surface area contributed by atoms with E-state index in [2.05, 4.69) is 21.0 Å². The normalized spacial score (nSPS) is 15.8. The number of urea groups is 1. The van der Waals surface area contributed by atoms with Gasteiger partial charge in [0.2, 0.25) is 5.91 Å². The van der Waals surface area contributed by atoms with Crippen LogP contribution in [0.25, 0.3) is 0 Å². The molecule has 6 N–H and O–H groups in total. The number of methoxy groups -OCH3 is 1. The standard InChI is InChI=1S/C41H57N7O8/c1-8-26(2)35(48-20-19-46(40(48)55)24-30-16-12-13-27(3)42-30)37(51)43-31(21-28-14-10-9-11-15-28)33(50)25-47(23-29-17-18-32(49)34(22-29)56-7)45-38(52)36(41(4,5)6)44-39(53)54/h9-18,22,26,31,33,35-36,44,49-50H,8,19-21,23-25H2,1-7H3,(H,43,51)(H,45,52)(H,53,54)/t26-,31-,33-,35-,36+/m0/s1. The summed E-state index contributed by atoms with van der Waals surface area (Å²) in [5.41, 5.74) is 5.01. The van der Waals surface area contributed by atoms with Crippen LogP contribution < -0.4 is 20.8 Å². The van der Waals surface area contributed by atoms with Gasteiger partial charge in [0.05, 0.1) is 31.5 Å². The topological polar surface area (TPSA) is 197 Å². The molecule has 0 spiro atoms. The molecule has 0 saturated carbocycles.